The van der Waals surface area contributed by atoms with Crippen LogP contribution in [0.15, 0.2) is 53.6 Å². The molecule has 0 radical (unpaired) electrons. The maximum atomic E-state index is 13.4. The first-order valence-electron chi connectivity index (χ1n) is 11.2. The highest BCUT2D eigenvalue weighted by Gasteiger charge is 2.25. The third kappa shape index (κ3) is 4.10. The number of aromatic nitrogens is 3. The molecule has 0 spiro atoms. The SMILES string of the molecule is Cc1cc(C(C)Nc2cnc(Cl)cc2C(=O)O)c2nc(N3Cc4ccccc4C3)c(C)c(=O)n2c1. The fraction of sp³-hybridized carbons (Fsp3) is 0.231. The van der Waals surface area contributed by atoms with Crippen molar-refractivity contribution in [1.29, 1.82) is 0 Å². The van der Waals surface area contributed by atoms with Crippen LogP contribution in [0.3, 0.4) is 0 Å². The number of nitrogens with one attached hydrogen (secondary N) is 1. The van der Waals surface area contributed by atoms with Crippen LogP contribution in [0.25, 0.3) is 5.65 Å². The van der Waals surface area contributed by atoms with E-state index in [-0.39, 0.29) is 22.3 Å². The van der Waals surface area contributed by atoms with E-state index in [1.54, 1.807) is 10.6 Å². The molecule has 2 N–H and O–H groups in total. The zero-order chi connectivity index (χ0) is 24.9. The molecule has 8 nitrogen and oxygen atoms in total. The van der Waals surface area contributed by atoms with E-state index >= 15 is 0 Å². The molecule has 4 heterocycles. The standard InChI is InChI=1S/C26H24ClN5O3/c1-14-8-19(16(3)29-21-10-28-22(27)9-20(21)26(34)35)24-30-23(15(2)25(33)32(24)11-14)31-12-17-6-4-5-7-18(17)13-31/h4-11,16,29H,12-13H2,1-3H3,(H,34,35). The molecule has 0 amide bonds. The van der Waals surface area contributed by atoms with E-state index in [4.69, 9.17) is 16.6 Å². The van der Waals surface area contributed by atoms with Crippen LogP contribution in [0.4, 0.5) is 11.5 Å². The van der Waals surface area contributed by atoms with Gasteiger partial charge < -0.3 is 15.3 Å². The van der Waals surface area contributed by atoms with Crippen LogP contribution >= 0.6 is 11.6 Å². The zero-order valence-electron chi connectivity index (χ0n) is 19.5. The molecule has 1 aromatic carbocycles. The Labute approximate surface area is 206 Å². The van der Waals surface area contributed by atoms with E-state index in [1.807, 2.05) is 39.0 Å². The van der Waals surface area contributed by atoms with Crippen LogP contribution < -0.4 is 15.8 Å². The van der Waals surface area contributed by atoms with Gasteiger partial charge in [-0.15, -0.1) is 0 Å². The largest absolute Gasteiger partial charge is 0.478 e. The van der Waals surface area contributed by atoms with Crippen molar-refractivity contribution in [3.8, 4) is 0 Å². The monoisotopic (exact) mass is 489 g/mol. The molecule has 178 valence electrons. The maximum Gasteiger partial charge on any atom is 0.337 e. The predicted molar refractivity (Wildman–Crippen MR) is 136 cm³/mol. The Morgan fingerprint density at radius 3 is 2.51 bits per heavy atom. The quantitative estimate of drug-likeness (QED) is 0.390. The number of carboxylic acids is 1. The molecular formula is C26H24ClN5O3. The number of rotatable bonds is 5. The van der Waals surface area contributed by atoms with E-state index in [2.05, 4.69) is 27.3 Å². The minimum absolute atomic E-state index is 0.0188. The molecule has 0 saturated heterocycles. The number of halogens is 1. The summed E-state index contributed by atoms with van der Waals surface area (Å²) >= 11 is 5.90. The topological polar surface area (TPSA) is 99.8 Å². The number of aromatic carboxylic acids is 1. The molecule has 9 heteroatoms. The summed E-state index contributed by atoms with van der Waals surface area (Å²) in [5.74, 6) is -0.457. The first-order chi connectivity index (χ1) is 16.7. The first-order valence-corrected chi connectivity index (χ1v) is 11.6. The van der Waals surface area contributed by atoms with E-state index in [0.717, 1.165) is 11.1 Å². The Bertz CT molecular complexity index is 1520. The van der Waals surface area contributed by atoms with Gasteiger partial charge in [-0.2, -0.15) is 0 Å². The van der Waals surface area contributed by atoms with Crippen molar-refractivity contribution in [3.05, 3.63) is 97.7 Å². The molecular weight excluding hydrogens is 466 g/mol. The fourth-order valence-electron chi connectivity index (χ4n) is 4.63. The Hall–Kier alpha value is -3.91. The zero-order valence-corrected chi connectivity index (χ0v) is 20.3. The van der Waals surface area contributed by atoms with Gasteiger partial charge in [0.2, 0.25) is 0 Å². The molecule has 0 fully saturated rings. The number of carboxylic acid groups (broad SMARTS) is 1. The van der Waals surface area contributed by atoms with Gasteiger partial charge in [-0.05, 0) is 49.6 Å². The number of pyridine rings is 2. The number of aryl methyl sites for hydroxylation is 1. The van der Waals surface area contributed by atoms with Crippen LogP contribution in [0.5, 0.6) is 0 Å². The van der Waals surface area contributed by atoms with Gasteiger partial charge in [0, 0.05) is 24.8 Å². The lowest BCUT2D eigenvalue weighted by molar-refractivity contribution is 0.0697. The third-order valence-electron chi connectivity index (χ3n) is 6.37. The van der Waals surface area contributed by atoms with Crippen molar-refractivity contribution < 1.29 is 9.90 Å². The summed E-state index contributed by atoms with van der Waals surface area (Å²) in [5.41, 5.74) is 5.44. The molecule has 3 aromatic heterocycles. The predicted octanol–water partition coefficient (Wildman–Crippen LogP) is 4.75. The van der Waals surface area contributed by atoms with E-state index in [1.165, 1.54) is 23.4 Å². The molecule has 4 aromatic rings. The van der Waals surface area contributed by atoms with Gasteiger partial charge in [0.1, 0.15) is 16.6 Å². The lowest BCUT2D eigenvalue weighted by Gasteiger charge is -2.23. The van der Waals surface area contributed by atoms with Gasteiger partial charge >= 0.3 is 5.97 Å². The average Bonchev–Trinajstić information content (AvgIpc) is 3.26. The number of hydrogen-bond acceptors (Lipinski definition) is 6. The minimum Gasteiger partial charge on any atom is -0.478 e. The Kier molecular flexibility index (Phi) is 5.68. The van der Waals surface area contributed by atoms with Gasteiger partial charge in [-0.1, -0.05) is 35.9 Å². The second-order valence-corrected chi connectivity index (χ2v) is 9.27. The summed E-state index contributed by atoms with van der Waals surface area (Å²) < 4.78 is 1.57. The van der Waals surface area contributed by atoms with E-state index < -0.39 is 5.97 Å². The van der Waals surface area contributed by atoms with Crippen molar-refractivity contribution >= 4 is 34.7 Å². The lowest BCUT2D eigenvalue weighted by Crippen LogP contribution is -2.27. The van der Waals surface area contributed by atoms with Crippen LogP contribution in [0.1, 0.15) is 51.1 Å². The maximum absolute atomic E-state index is 13.4. The van der Waals surface area contributed by atoms with E-state index in [9.17, 15) is 14.7 Å². The molecule has 1 atom stereocenters. The van der Waals surface area contributed by atoms with Gasteiger partial charge in [-0.25, -0.2) is 14.8 Å². The Balaban J connectivity index is 1.60. The molecule has 1 aliphatic rings. The molecule has 0 saturated carbocycles. The number of fused-ring (bicyclic) bond motifs is 2. The van der Waals surface area contributed by atoms with Crippen LogP contribution in [0.2, 0.25) is 5.15 Å². The average molecular weight is 490 g/mol. The van der Waals surface area contributed by atoms with Crippen molar-refractivity contribution in [2.24, 2.45) is 0 Å². The summed E-state index contributed by atoms with van der Waals surface area (Å²) in [6, 6.07) is 11.1. The smallest absolute Gasteiger partial charge is 0.337 e. The van der Waals surface area contributed by atoms with Gasteiger partial charge in [0.05, 0.1) is 29.1 Å². The second-order valence-electron chi connectivity index (χ2n) is 8.88. The summed E-state index contributed by atoms with van der Waals surface area (Å²) in [6.07, 6.45) is 3.18. The van der Waals surface area contributed by atoms with Gasteiger partial charge in [0.25, 0.3) is 5.56 Å². The van der Waals surface area contributed by atoms with Crippen molar-refractivity contribution in [1.82, 2.24) is 14.4 Å². The number of carbonyl (C=O) groups is 1. The molecule has 1 aliphatic heterocycles. The first kappa shape index (κ1) is 22.9. The lowest BCUT2D eigenvalue weighted by atomic mass is 10.1. The van der Waals surface area contributed by atoms with Crippen LogP contribution in [0, 0.1) is 13.8 Å². The molecule has 0 bridgehead atoms. The second kappa shape index (κ2) is 8.70. The highest BCUT2D eigenvalue weighted by molar-refractivity contribution is 6.29. The third-order valence-corrected chi connectivity index (χ3v) is 6.58. The number of hydrogen-bond donors (Lipinski definition) is 2. The van der Waals surface area contributed by atoms with Crippen molar-refractivity contribution in [2.45, 2.75) is 39.9 Å². The highest BCUT2D eigenvalue weighted by atomic mass is 35.5. The highest BCUT2D eigenvalue weighted by Crippen LogP contribution is 2.31. The van der Waals surface area contributed by atoms with Gasteiger partial charge in [-0.3, -0.25) is 9.20 Å². The van der Waals surface area contributed by atoms with Crippen LogP contribution in [-0.4, -0.2) is 25.4 Å². The normalized spacial score (nSPS) is 13.7. The van der Waals surface area contributed by atoms with Crippen molar-refractivity contribution in [3.63, 3.8) is 0 Å². The molecule has 1 unspecified atom stereocenters. The van der Waals surface area contributed by atoms with Crippen LogP contribution in [-0.2, 0) is 13.1 Å². The minimum atomic E-state index is -1.11. The summed E-state index contributed by atoms with van der Waals surface area (Å²) in [4.78, 5) is 36.3. The van der Waals surface area contributed by atoms with Gasteiger partial charge in [0.15, 0.2) is 0 Å². The van der Waals surface area contributed by atoms with Crippen molar-refractivity contribution in [2.75, 3.05) is 10.2 Å². The molecule has 0 aliphatic carbocycles. The summed E-state index contributed by atoms with van der Waals surface area (Å²) in [5, 5.41) is 12.9. The molecule has 35 heavy (non-hydrogen) atoms. The summed E-state index contributed by atoms with van der Waals surface area (Å²) in [6.45, 7) is 6.99. The molecule has 5 rings (SSSR count). The number of anilines is 2. The number of benzene rings is 1. The Morgan fingerprint density at radius 1 is 1.17 bits per heavy atom. The van der Waals surface area contributed by atoms with E-state index in [0.29, 0.717) is 35.8 Å². The summed E-state index contributed by atoms with van der Waals surface area (Å²) in [7, 11) is 0. The Morgan fingerprint density at radius 2 is 1.86 bits per heavy atom. The fourth-order valence-corrected chi connectivity index (χ4v) is 4.78. The number of nitrogens with zero attached hydrogens (tertiary/aromatic N) is 4.